The fourth-order valence-corrected chi connectivity index (χ4v) is 5.96. The second kappa shape index (κ2) is 33.7. The molecule has 0 bridgehead atoms. The molecule has 3 N–H and O–H groups in total. The molecule has 9 nitrogen and oxygen atoms in total. The number of hydrogen-bond donors (Lipinski definition) is 3. The summed E-state index contributed by atoms with van der Waals surface area (Å²) in [5.74, 6) is -0.366. The number of phosphoric ester groups is 1. The molecule has 0 fully saturated rings. The highest BCUT2D eigenvalue weighted by molar-refractivity contribution is 7.45. The smallest absolute Gasteiger partial charge is 0.268 e. The molecule has 0 saturated heterocycles. The van der Waals surface area contributed by atoms with Gasteiger partial charge in [0.1, 0.15) is 13.2 Å². The van der Waals surface area contributed by atoms with Gasteiger partial charge < -0.3 is 34.0 Å². The lowest BCUT2D eigenvalue weighted by molar-refractivity contribution is -0.870. The molecule has 0 aliphatic heterocycles. The van der Waals surface area contributed by atoms with Gasteiger partial charge in [0.2, 0.25) is 5.91 Å². The lowest BCUT2D eigenvalue weighted by atomic mass is 10.1. The highest BCUT2D eigenvalue weighted by atomic mass is 31.2. The number of rotatable bonds is 35. The summed E-state index contributed by atoms with van der Waals surface area (Å²) in [6.07, 6.45) is 38.7. The fourth-order valence-electron chi connectivity index (χ4n) is 5.23. The lowest BCUT2D eigenvalue weighted by Gasteiger charge is -2.29. The van der Waals surface area contributed by atoms with Crippen molar-refractivity contribution in [3.63, 3.8) is 0 Å². The van der Waals surface area contributed by atoms with Crippen molar-refractivity contribution in [1.29, 1.82) is 0 Å². The van der Waals surface area contributed by atoms with Crippen molar-refractivity contribution in [3.8, 4) is 0 Å². The van der Waals surface area contributed by atoms with Gasteiger partial charge >= 0.3 is 0 Å². The van der Waals surface area contributed by atoms with Gasteiger partial charge in [-0.05, 0) is 57.8 Å². The van der Waals surface area contributed by atoms with Crippen LogP contribution in [-0.4, -0.2) is 79.8 Å². The normalized spacial score (nSPS) is 15.8. The average molecular weight is 753 g/mol. The van der Waals surface area contributed by atoms with Gasteiger partial charge in [0.05, 0.1) is 46.0 Å². The Labute approximate surface area is 318 Å². The fraction of sp³-hybridized carbons (Fsp3) is 0.738. The Balaban J connectivity index is 4.75. The summed E-state index contributed by atoms with van der Waals surface area (Å²) in [6.45, 7) is 4.41. The number of phosphoric acid groups is 1. The summed E-state index contributed by atoms with van der Waals surface area (Å²) in [5, 5.41) is 23.9. The maximum absolute atomic E-state index is 12.8. The quantitative estimate of drug-likeness (QED) is 0.0194. The van der Waals surface area contributed by atoms with Crippen LogP contribution in [0.1, 0.15) is 142 Å². The van der Waals surface area contributed by atoms with Crippen LogP contribution in [0, 0.1) is 0 Å². The summed E-state index contributed by atoms with van der Waals surface area (Å²) >= 11 is 0. The Morgan fingerprint density at radius 2 is 1.31 bits per heavy atom. The SMILES string of the molecule is CCCCCCCC/C=C\CC/C=C/[C@@H](O)[C@H](COP(=O)([O-])OCC[N+](C)(C)C)NC(=O)CCCC(O)/C=C/C=C/C/C=C/CCCCCCCC. The third-order valence-corrected chi connectivity index (χ3v) is 9.52. The highest BCUT2D eigenvalue weighted by Gasteiger charge is 2.23. The van der Waals surface area contributed by atoms with E-state index in [1.54, 1.807) is 12.2 Å². The first-order chi connectivity index (χ1) is 24.9. The average Bonchev–Trinajstić information content (AvgIpc) is 3.08. The molecule has 0 aromatic carbocycles. The van der Waals surface area contributed by atoms with Crippen molar-refractivity contribution < 1.29 is 38.0 Å². The summed E-state index contributed by atoms with van der Waals surface area (Å²) in [7, 11) is 1.12. The van der Waals surface area contributed by atoms with Crippen molar-refractivity contribution >= 4 is 13.7 Å². The minimum atomic E-state index is -4.64. The van der Waals surface area contributed by atoms with Gasteiger partial charge in [-0.25, -0.2) is 0 Å². The Hall–Kier alpha value is -1.84. The number of aliphatic hydroxyl groups is 2. The van der Waals surface area contributed by atoms with Crippen LogP contribution >= 0.6 is 7.82 Å². The lowest BCUT2D eigenvalue weighted by Crippen LogP contribution is -2.45. The second-order valence-electron chi connectivity index (χ2n) is 14.8. The summed E-state index contributed by atoms with van der Waals surface area (Å²) < 4.78 is 23.0. The monoisotopic (exact) mass is 753 g/mol. The van der Waals surface area contributed by atoms with Crippen molar-refractivity contribution in [1.82, 2.24) is 5.32 Å². The maximum atomic E-state index is 12.8. The Kier molecular flexibility index (Phi) is 32.5. The number of quaternary nitrogens is 1. The zero-order valence-electron chi connectivity index (χ0n) is 33.6. The number of nitrogens with zero attached hydrogens (tertiary/aromatic N) is 1. The standard InChI is InChI=1S/C42H77N2O7P/c1-6-8-10-12-14-16-18-20-21-23-25-27-29-32-39(45)33-31-35-42(47)43-40(38-51-52(48,49)50-37-36-44(3,4)5)41(46)34-30-28-26-24-22-19-17-15-13-11-9-7-2/h20-22,24-25,27,29-30,32,34,39-41,45-46H,6-19,23,26,28,31,33,35-38H2,1-5H3,(H-,43,47,48,49)/b21-20+,24-22-,27-25+,32-29+,34-30+/t39?,40-,41+/m0/s1. The minimum Gasteiger partial charge on any atom is -0.756 e. The Morgan fingerprint density at radius 1 is 0.731 bits per heavy atom. The van der Waals surface area contributed by atoms with E-state index in [4.69, 9.17) is 9.05 Å². The van der Waals surface area contributed by atoms with Gasteiger partial charge in [-0.3, -0.25) is 9.36 Å². The number of carbonyl (C=O) groups is 1. The van der Waals surface area contributed by atoms with Crippen LogP contribution < -0.4 is 10.2 Å². The number of amides is 1. The van der Waals surface area contributed by atoms with E-state index in [1.807, 2.05) is 45.4 Å². The molecule has 1 amide bonds. The Bertz CT molecular complexity index is 1050. The predicted octanol–water partition coefficient (Wildman–Crippen LogP) is 9.02. The van der Waals surface area contributed by atoms with Gasteiger partial charge in [-0.2, -0.15) is 0 Å². The zero-order chi connectivity index (χ0) is 38.8. The molecular formula is C42H77N2O7P. The Morgan fingerprint density at radius 3 is 1.94 bits per heavy atom. The van der Waals surface area contributed by atoms with E-state index in [1.165, 1.54) is 77.0 Å². The molecule has 0 aromatic rings. The van der Waals surface area contributed by atoms with E-state index in [-0.39, 0.29) is 18.9 Å². The van der Waals surface area contributed by atoms with Gasteiger partial charge in [0.25, 0.3) is 7.82 Å². The number of nitrogens with one attached hydrogen (secondary N) is 1. The summed E-state index contributed by atoms with van der Waals surface area (Å²) in [5.41, 5.74) is 0. The summed E-state index contributed by atoms with van der Waals surface area (Å²) in [4.78, 5) is 25.2. The minimum absolute atomic E-state index is 0.0426. The molecule has 0 aliphatic rings. The van der Waals surface area contributed by atoms with Gasteiger partial charge in [0.15, 0.2) is 0 Å². The van der Waals surface area contributed by atoms with Crippen LogP contribution in [0.25, 0.3) is 0 Å². The molecule has 0 aromatic heterocycles. The summed E-state index contributed by atoms with van der Waals surface area (Å²) in [6, 6.07) is -0.994. The van der Waals surface area contributed by atoms with E-state index in [2.05, 4.69) is 43.5 Å². The number of likely N-dealkylation sites (N-methyl/N-ethyl adjacent to an activating group) is 1. The molecule has 2 unspecified atom stereocenters. The number of unbranched alkanes of at least 4 members (excludes halogenated alkanes) is 13. The van der Waals surface area contributed by atoms with Gasteiger partial charge in [0, 0.05) is 6.42 Å². The number of hydrogen-bond acceptors (Lipinski definition) is 7. The molecule has 10 heteroatoms. The first kappa shape index (κ1) is 50.2. The highest BCUT2D eigenvalue weighted by Crippen LogP contribution is 2.38. The maximum Gasteiger partial charge on any atom is 0.268 e. The molecule has 0 aliphatic carbocycles. The van der Waals surface area contributed by atoms with Crippen LogP contribution in [0.4, 0.5) is 0 Å². The van der Waals surface area contributed by atoms with Gasteiger partial charge in [-0.1, -0.05) is 139 Å². The van der Waals surface area contributed by atoms with Crippen LogP contribution in [0.15, 0.2) is 60.8 Å². The third-order valence-electron chi connectivity index (χ3n) is 8.55. The van der Waals surface area contributed by atoms with Gasteiger partial charge in [-0.15, -0.1) is 0 Å². The van der Waals surface area contributed by atoms with E-state index >= 15 is 0 Å². The van der Waals surface area contributed by atoms with Crippen LogP contribution in [0.2, 0.25) is 0 Å². The predicted molar refractivity (Wildman–Crippen MR) is 216 cm³/mol. The van der Waals surface area contributed by atoms with E-state index in [0.717, 1.165) is 25.7 Å². The van der Waals surface area contributed by atoms with E-state index < -0.39 is 32.7 Å². The largest absolute Gasteiger partial charge is 0.756 e. The molecule has 4 atom stereocenters. The third kappa shape index (κ3) is 35.2. The number of carbonyl (C=O) groups excluding carboxylic acids is 1. The van der Waals surface area contributed by atoms with Crippen molar-refractivity contribution in [2.45, 2.75) is 161 Å². The van der Waals surface area contributed by atoms with Crippen LogP contribution in [0.3, 0.4) is 0 Å². The molecular weight excluding hydrogens is 675 g/mol. The molecule has 0 spiro atoms. The first-order valence-corrected chi connectivity index (χ1v) is 21.7. The van der Waals surface area contributed by atoms with Crippen molar-refractivity contribution in [3.05, 3.63) is 60.8 Å². The molecule has 302 valence electrons. The van der Waals surface area contributed by atoms with E-state index in [9.17, 15) is 24.5 Å². The first-order valence-electron chi connectivity index (χ1n) is 20.3. The van der Waals surface area contributed by atoms with Crippen molar-refractivity contribution in [2.75, 3.05) is 40.9 Å². The molecule has 52 heavy (non-hydrogen) atoms. The second-order valence-corrected chi connectivity index (χ2v) is 16.2. The molecule has 0 saturated carbocycles. The van der Waals surface area contributed by atoms with Crippen molar-refractivity contribution in [2.24, 2.45) is 0 Å². The van der Waals surface area contributed by atoms with Crippen LogP contribution in [0.5, 0.6) is 0 Å². The van der Waals surface area contributed by atoms with Crippen LogP contribution in [-0.2, 0) is 18.4 Å². The molecule has 0 radical (unpaired) electrons. The molecule has 0 heterocycles. The topological polar surface area (TPSA) is 128 Å². The number of allylic oxidation sites excluding steroid dienone is 8. The number of aliphatic hydroxyl groups excluding tert-OH is 2. The molecule has 0 rings (SSSR count). The zero-order valence-corrected chi connectivity index (χ0v) is 34.5. The van der Waals surface area contributed by atoms with E-state index in [0.29, 0.717) is 30.3 Å².